The van der Waals surface area contributed by atoms with Crippen LogP contribution < -0.4 is 0 Å². The first-order chi connectivity index (χ1) is 6.56. The molecule has 0 aliphatic carbocycles. The number of nitro groups is 1. The lowest BCUT2D eigenvalue weighted by Crippen LogP contribution is -2.03. The minimum Gasteiger partial charge on any atom is -0.393 e. The molecule has 1 aromatic carbocycles. The fraction of sp³-hybridized carbons (Fsp3) is 0.333. The lowest BCUT2D eigenvalue weighted by atomic mass is 10.1. The second kappa shape index (κ2) is 4.17. The Labute approximate surface area is 80.8 Å². The quantitative estimate of drug-likeness (QED) is 0.557. The molecule has 0 amide bonds. The Bertz CT molecular complexity index is 351. The van der Waals surface area contributed by atoms with Crippen LogP contribution in [0.1, 0.15) is 17.2 Å². The molecule has 0 heterocycles. The van der Waals surface area contributed by atoms with Crippen molar-refractivity contribution < 1.29 is 15.1 Å². The SMILES string of the molecule is Cc1ccc(C(O)CO)cc1[N+](=O)[O-]. The third-order valence-electron chi connectivity index (χ3n) is 1.99. The molecule has 14 heavy (non-hydrogen) atoms. The number of aliphatic hydroxyl groups is 2. The van der Waals surface area contributed by atoms with Crippen molar-refractivity contribution in [2.24, 2.45) is 0 Å². The molecule has 0 spiro atoms. The molecule has 1 unspecified atom stereocenters. The van der Waals surface area contributed by atoms with Gasteiger partial charge in [0.2, 0.25) is 0 Å². The van der Waals surface area contributed by atoms with Crippen LogP contribution in [0, 0.1) is 17.0 Å². The summed E-state index contributed by atoms with van der Waals surface area (Å²) in [5.41, 5.74) is 0.837. The molecule has 5 nitrogen and oxygen atoms in total. The molecule has 0 aliphatic rings. The largest absolute Gasteiger partial charge is 0.393 e. The summed E-state index contributed by atoms with van der Waals surface area (Å²) < 4.78 is 0. The number of aryl methyl sites for hydroxylation is 1. The predicted molar refractivity (Wildman–Crippen MR) is 49.9 cm³/mol. The van der Waals surface area contributed by atoms with Crippen LogP contribution in [-0.2, 0) is 0 Å². The Morgan fingerprint density at radius 1 is 1.57 bits per heavy atom. The fourth-order valence-corrected chi connectivity index (χ4v) is 1.14. The Hall–Kier alpha value is -1.46. The van der Waals surface area contributed by atoms with Crippen LogP contribution in [0.5, 0.6) is 0 Å². The molecule has 0 saturated carbocycles. The van der Waals surface area contributed by atoms with Gasteiger partial charge in [0.25, 0.3) is 5.69 Å². The molecular formula is C9H11NO4. The number of nitrogens with zero attached hydrogens (tertiary/aromatic N) is 1. The second-order valence-corrected chi connectivity index (χ2v) is 3.00. The normalized spacial score (nSPS) is 12.5. The lowest BCUT2D eigenvalue weighted by molar-refractivity contribution is -0.385. The molecule has 5 heteroatoms. The minimum absolute atomic E-state index is 0.0463. The van der Waals surface area contributed by atoms with E-state index in [4.69, 9.17) is 5.11 Å². The zero-order valence-corrected chi connectivity index (χ0v) is 7.67. The summed E-state index contributed by atoms with van der Waals surface area (Å²) in [6, 6.07) is 4.38. The van der Waals surface area contributed by atoms with Gasteiger partial charge in [0.1, 0.15) is 6.10 Å². The van der Waals surface area contributed by atoms with E-state index in [1.165, 1.54) is 6.07 Å². The van der Waals surface area contributed by atoms with E-state index in [0.29, 0.717) is 11.1 Å². The summed E-state index contributed by atoms with van der Waals surface area (Å²) in [4.78, 5) is 10.0. The maximum Gasteiger partial charge on any atom is 0.272 e. The molecule has 1 rings (SSSR count). The molecule has 1 atom stereocenters. The standard InChI is InChI=1S/C9H11NO4/c1-6-2-3-7(9(12)5-11)4-8(6)10(13)14/h2-4,9,11-12H,5H2,1H3. The van der Waals surface area contributed by atoms with Crippen molar-refractivity contribution in [3.05, 3.63) is 39.4 Å². The first-order valence-corrected chi connectivity index (χ1v) is 4.10. The third-order valence-corrected chi connectivity index (χ3v) is 1.99. The highest BCUT2D eigenvalue weighted by atomic mass is 16.6. The summed E-state index contributed by atoms with van der Waals surface area (Å²) in [5, 5.41) is 28.5. The molecule has 76 valence electrons. The maximum atomic E-state index is 10.5. The summed E-state index contributed by atoms with van der Waals surface area (Å²) in [6.45, 7) is 1.17. The van der Waals surface area contributed by atoms with Crippen molar-refractivity contribution in [3.8, 4) is 0 Å². The molecule has 0 aromatic heterocycles. The van der Waals surface area contributed by atoms with Crippen molar-refractivity contribution >= 4 is 5.69 Å². The molecule has 1 aromatic rings. The zero-order chi connectivity index (χ0) is 10.7. The Morgan fingerprint density at radius 2 is 2.21 bits per heavy atom. The van der Waals surface area contributed by atoms with Crippen molar-refractivity contribution in [2.45, 2.75) is 13.0 Å². The van der Waals surface area contributed by atoms with Gasteiger partial charge in [-0.1, -0.05) is 12.1 Å². The van der Waals surface area contributed by atoms with Crippen LogP contribution in [-0.4, -0.2) is 21.7 Å². The third kappa shape index (κ3) is 2.07. The summed E-state index contributed by atoms with van der Waals surface area (Å²) in [7, 11) is 0. The van der Waals surface area contributed by atoms with Gasteiger partial charge in [-0.05, 0) is 12.5 Å². The highest BCUT2D eigenvalue weighted by Crippen LogP contribution is 2.22. The highest BCUT2D eigenvalue weighted by Gasteiger charge is 2.14. The smallest absolute Gasteiger partial charge is 0.272 e. The summed E-state index contributed by atoms with van der Waals surface area (Å²) >= 11 is 0. The van der Waals surface area contributed by atoms with Gasteiger partial charge >= 0.3 is 0 Å². The number of hydrogen-bond acceptors (Lipinski definition) is 4. The lowest BCUT2D eigenvalue weighted by Gasteiger charge is -2.07. The maximum absolute atomic E-state index is 10.5. The van der Waals surface area contributed by atoms with Crippen LogP contribution in [0.4, 0.5) is 5.69 Å². The van der Waals surface area contributed by atoms with E-state index in [-0.39, 0.29) is 5.69 Å². The van der Waals surface area contributed by atoms with Gasteiger partial charge in [0.05, 0.1) is 11.5 Å². The average molecular weight is 197 g/mol. The van der Waals surface area contributed by atoms with Crippen molar-refractivity contribution in [1.29, 1.82) is 0 Å². The summed E-state index contributed by atoms with van der Waals surface area (Å²) in [6.07, 6.45) is -1.06. The van der Waals surface area contributed by atoms with Crippen LogP contribution in [0.2, 0.25) is 0 Å². The van der Waals surface area contributed by atoms with Gasteiger partial charge in [0, 0.05) is 11.6 Å². The monoisotopic (exact) mass is 197 g/mol. The van der Waals surface area contributed by atoms with E-state index in [2.05, 4.69) is 0 Å². The average Bonchev–Trinajstić information content (AvgIpc) is 2.17. The van der Waals surface area contributed by atoms with E-state index >= 15 is 0 Å². The Balaban J connectivity index is 3.12. The van der Waals surface area contributed by atoms with Crippen molar-refractivity contribution in [2.75, 3.05) is 6.61 Å². The first-order valence-electron chi connectivity index (χ1n) is 4.10. The van der Waals surface area contributed by atoms with E-state index in [0.717, 1.165) is 0 Å². The van der Waals surface area contributed by atoms with Gasteiger partial charge in [0.15, 0.2) is 0 Å². The summed E-state index contributed by atoms with van der Waals surface area (Å²) in [5.74, 6) is 0. The first kappa shape index (κ1) is 10.6. The van der Waals surface area contributed by atoms with E-state index in [1.54, 1.807) is 19.1 Å². The molecule has 0 saturated heterocycles. The molecule has 2 N–H and O–H groups in total. The fourth-order valence-electron chi connectivity index (χ4n) is 1.14. The number of rotatable bonds is 3. The molecule has 0 aliphatic heterocycles. The van der Waals surface area contributed by atoms with E-state index in [9.17, 15) is 15.2 Å². The number of hydrogen-bond donors (Lipinski definition) is 2. The Morgan fingerprint density at radius 3 is 2.71 bits per heavy atom. The zero-order valence-electron chi connectivity index (χ0n) is 7.67. The van der Waals surface area contributed by atoms with Crippen LogP contribution >= 0.6 is 0 Å². The second-order valence-electron chi connectivity index (χ2n) is 3.00. The molecule has 0 bridgehead atoms. The van der Waals surface area contributed by atoms with Crippen molar-refractivity contribution in [3.63, 3.8) is 0 Å². The number of aliphatic hydroxyl groups excluding tert-OH is 2. The number of nitro benzene ring substituents is 1. The minimum atomic E-state index is -1.06. The molecular weight excluding hydrogens is 186 g/mol. The van der Waals surface area contributed by atoms with Crippen molar-refractivity contribution in [1.82, 2.24) is 0 Å². The van der Waals surface area contributed by atoms with E-state index in [1.807, 2.05) is 0 Å². The van der Waals surface area contributed by atoms with Gasteiger partial charge in [-0.2, -0.15) is 0 Å². The van der Waals surface area contributed by atoms with Gasteiger partial charge in [-0.25, -0.2) is 0 Å². The molecule has 0 fully saturated rings. The van der Waals surface area contributed by atoms with E-state index < -0.39 is 17.6 Å². The Kier molecular flexibility index (Phi) is 3.16. The number of benzene rings is 1. The predicted octanol–water partition coefficient (Wildman–Crippen LogP) is 0.929. The van der Waals surface area contributed by atoms with Gasteiger partial charge in [-0.3, -0.25) is 10.1 Å². The topological polar surface area (TPSA) is 83.6 Å². The molecule has 0 radical (unpaired) electrons. The van der Waals surface area contributed by atoms with Crippen LogP contribution in [0.3, 0.4) is 0 Å². The van der Waals surface area contributed by atoms with Crippen LogP contribution in [0.15, 0.2) is 18.2 Å². The highest BCUT2D eigenvalue weighted by molar-refractivity contribution is 5.43. The van der Waals surface area contributed by atoms with Crippen LogP contribution in [0.25, 0.3) is 0 Å². The van der Waals surface area contributed by atoms with Gasteiger partial charge in [-0.15, -0.1) is 0 Å². The van der Waals surface area contributed by atoms with Gasteiger partial charge < -0.3 is 10.2 Å².